The minimum atomic E-state index is -5.82. The molecule has 20 nitrogen and oxygen atoms in total. The number of anilines is 2. The number of ether oxygens (including phenoxy) is 2. The molecule has 0 spiro atoms. The van der Waals surface area contributed by atoms with E-state index in [1.807, 2.05) is 0 Å². The number of hydrazine groups is 2. The summed E-state index contributed by atoms with van der Waals surface area (Å²) in [5.74, 6) is -5.10. The van der Waals surface area contributed by atoms with Crippen LogP contribution in [0, 0.1) is 13.8 Å². The molecule has 4 heterocycles. The van der Waals surface area contributed by atoms with Gasteiger partial charge in [-0.25, -0.2) is 19.6 Å². The number of nitrogens with zero attached hydrogens (tertiary/aromatic N) is 8. The van der Waals surface area contributed by atoms with Crippen LogP contribution < -0.4 is 19.5 Å². The van der Waals surface area contributed by atoms with Crippen LogP contribution >= 0.6 is 78.3 Å². The van der Waals surface area contributed by atoms with Gasteiger partial charge in [0.15, 0.2) is 34.4 Å². The standard InChI is InChI=1S/C44H44Br2Cl4N8O12S/c1-7-11-31(59)37(43(61)62)57(53(5)29-17-15-27(47)25(35(29)49)21-67-33-13-9-19-55-39(45)23(3)51-41(33)55)69-71(65,66)70-58(38(44(63)64)32(60)12-8-2)54(6)30-18-16-28(48)26(36(30)50)22-68-34-14-10-20-56-40(46)24(4)52-42(34)56/h9-10,13-20,37-38H,7-8,11-12,21-22H2,1-6H3,(H,61,62)(H,63,64). The molecule has 2 atom stereocenters. The van der Waals surface area contributed by atoms with Crippen molar-refractivity contribution in [1.82, 2.24) is 29.1 Å². The van der Waals surface area contributed by atoms with Gasteiger partial charge in [0, 0.05) is 60.5 Å². The van der Waals surface area contributed by atoms with Gasteiger partial charge in [-0.2, -0.15) is 8.42 Å². The zero-order valence-corrected chi connectivity index (χ0v) is 45.4. The highest BCUT2D eigenvalue weighted by molar-refractivity contribution is 9.10. The fourth-order valence-corrected chi connectivity index (χ4v) is 9.86. The number of hydrogen-bond acceptors (Lipinski definition) is 16. The van der Waals surface area contributed by atoms with Crippen molar-refractivity contribution < 1.29 is 55.9 Å². The maximum absolute atomic E-state index is 14.4. The highest BCUT2D eigenvalue weighted by Gasteiger charge is 2.44. The summed E-state index contributed by atoms with van der Waals surface area (Å²) in [6.45, 7) is 6.19. The highest BCUT2D eigenvalue weighted by Crippen LogP contribution is 2.39. The molecule has 2 aromatic carbocycles. The van der Waals surface area contributed by atoms with Crippen LogP contribution in [-0.2, 0) is 51.4 Å². The van der Waals surface area contributed by atoms with Gasteiger partial charge in [-0.1, -0.05) is 70.6 Å². The number of ketones is 2. The van der Waals surface area contributed by atoms with Crippen LogP contribution in [0.5, 0.6) is 11.5 Å². The summed E-state index contributed by atoms with van der Waals surface area (Å²) in [4.78, 5) is 62.3. The van der Waals surface area contributed by atoms with Crippen molar-refractivity contribution in [2.75, 3.05) is 24.1 Å². The number of carboxylic acids is 2. The summed E-state index contributed by atoms with van der Waals surface area (Å²) < 4.78 is 56.6. The number of aryl methyl sites for hydroxylation is 2. The van der Waals surface area contributed by atoms with E-state index in [4.69, 9.17) is 64.4 Å². The van der Waals surface area contributed by atoms with Gasteiger partial charge in [-0.15, -0.1) is 8.57 Å². The molecule has 0 aliphatic rings. The third-order valence-electron chi connectivity index (χ3n) is 10.6. The summed E-state index contributed by atoms with van der Waals surface area (Å²) >= 11 is 34.1. The van der Waals surface area contributed by atoms with Crippen molar-refractivity contribution >= 4 is 135 Å². The van der Waals surface area contributed by atoms with Crippen molar-refractivity contribution in [1.29, 1.82) is 0 Å². The normalized spacial score (nSPS) is 12.7. The Morgan fingerprint density at radius 3 is 1.37 bits per heavy atom. The average molecular weight is 1210 g/mol. The molecule has 0 bridgehead atoms. The molecule has 2 N–H and O–H groups in total. The van der Waals surface area contributed by atoms with Crippen molar-refractivity contribution in [3.05, 3.63) is 113 Å². The first-order valence-electron chi connectivity index (χ1n) is 21.2. The van der Waals surface area contributed by atoms with E-state index >= 15 is 0 Å². The molecule has 27 heteroatoms. The van der Waals surface area contributed by atoms with E-state index in [0.29, 0.717) is 43.4 Å². The van der Waals surface area contributed by atoms with Gasteiger partial charge in [0.2, 0.25) is 12.1 Å². The van der Waals surface area contributed by atoms with Crippen LogP contribution in [0.3, 0.4) is 0 Å². The summed E-state index contributed by atoms with van der Waals surface area (Å²) in [6.07, 6.45) is 3.06. The number of Topliss-reactive ketones (excluding diaryl/α,β-unsaturated/α-hetero) is 2. The predicted molar refractivity (Wildman–Crippen MR) is 271 cm³/mol. The first kappa shape index (κ1) is 55.5. The molecular formula is C44H44Br2Cl4N8O12S. The first-order chi connectivity index (χ1) is 33.5. The molecule has 6 rings (SSSR count). The topological polar surface area (TPSA) is 227 Å². The van der Waals surface area contributed by atoms with Crippen molar-refractivity contribution in [3.63, 3.8) is 0 Å². The molecule has 6 aromatic rings. The van der Waals surface area contributed by atoms with Crippen LogP contribution in [0.15, 0.2) is 70.1 Å². The number of imidazole rings is 2. The Hall–Kier alpha value is -4.79. The average Bonchev–Trinajstić information content (AvgIpc) is 3.77. The first-order valence-corrected chi connectivity index (χ1v) is 25.6. The Morgan fingerprint density at radius 1 is 0.662 bits per heavy atom. The summed E-state index contributed by atoms with van der Waals surface area (Å²) in [5.41, 5.74) is 2.26. The van der Waals surface area contributed by atoms with E-state index in [1.165, 1.54) is 24.3 Å². The molecule has 0 radical (unpaired) electrons. The lowest BCUT2D eigenvalue weighted by Crippen LogP contribution is -2.58. The van der Waals surface area contributed by atoms with Crippen LogP contribution in [0.1, 0.15) is 62.0 Å². The molecule has 71 heavy (non-hydrogen) atoms. The molecule has 380 valence electrons. The molecule has 2 unspecified atom stereocenters. The second-order valence-corrected chi connectivity index (χ2v) is 19.7. The minimum Gasteiger partial charge on any atom is -0.485 e. The van der Waals surface area contributed by atoms with Gasteiger partial charge in [0.25, 0.3) is 0 Å². The number of halogens is 6. The van der Waals surface area contributed by atoms with Gasteiger partial charge in [0.1, 0.15) is 22.4 Å². The monoisotopic (exact) mass is 1210 g/mol. The lowest BCUT2D eigenvalue weighted by atomic mass is 10.1. The minimum absolute atomic E-state index is 0.0875. The highest BCUT2D eigenvalue weighted by atomic mass is 79.9. The Balaban J connectivity index is 1.38. The largest absolute Gasteiger partial charge is 0.485 e. The Morgan fingerprint density at radius 2 is 1.03 bits per heavy atom. The maximum Gasteiger partial charge on any atom is 0.435 e. The second kappa shape index (κ2) is 23.4. The fourth-order valence-electron chi connectivity index (χ4n) is 7.14. The third-order valence-corrected chi connectivity index (χ3v) is 14.8. The number of rotatable bonds is 24. The molecule has 4 aromatic heterocycles. The summed E-state index contributed by atoms with van der Waals surface area (Å²) in [7, 11) is -3.55. The SMILES string of the molecule is CCCC(=O)C(C(=O)O)N(OS(=O)(=O)ON(C(C(=O)O)C(=O)CCC)N(C)c1ccc(Cl)c(COc2cccn3c(Br)c(C)nc23)c1Cl)N(C)c1ccc(Cl)c(COc2cccn3c(Br)c(C)nc23)c1Cl. The molecule has 0 aliphatic carbocycles. The Bertz CT molecular complexity index is 2950. The Labute approximate surface area is 443 Å². The van der Waals surface area contributed by atoms with E-state index in [-0.39, 0.29) is 91.8 Å². The molecule has 0 amide bonds. The van der Waals surface area contributed by atoms with Crippen LogP contribution in [0.2, 0.25) is 20.1 Å². The number of aromatic nitrogens is 4. The molecule has 0 fully saturated rings. The lowest BCUT2D eigenvalue weighted by molar-refractivity contribution is -0.181. The number of fused-ring (bicyclic) bond motifs is 2. The van der Waals surface area contributed by atoms with E-state index in [1.54, 1.807) is 73.2 Å². The van der Waals surface area contributed by atoms with E-state index in [2.05, 4.69) is 41.8 Å². The molecule has 0 aliphatic heterocycles. The Kier molecular flexibility index (Phi) is 18.3. The number of hydroxylamine groups is 2. The maximum atomic E-state index is 14.4. The third kappa shape index (κ3) is 12.0. The lowest BCUT2D eigenvalue weighted by Gasteiger charge is -2.37. The quantitative estimate of drug-likeness (QED) is 0.0424. The van der Waals surface area contributed by atoms with Crippen LogP contribution in [0.25, 0.3) is 11.3 Å². The van der Waals surface area contributed by atoms with Crippen molar-refractivity contribution in [3.8, 4) is 11.5 Å². The summed E-state index contributed by atoms with van der Waals surface area (Å²) in [6, 6.07) is 7.26. The van der Waals surface area contributed by atoms with Crippen LogP contribution in [0.4, 0.5) is 11.4 Å². The van der Waals surface area contributed by atoms with Crippen molar-refractivity contribution in [2.45, 2.75) is 78.7 Å². The number of benzene rings is 2. The van der Waals surface area contributed by atoms with E-state index in [0.717, 1.165) is 24.1 Å². The summed E-state index contributed by atoms with van der Waals surface area (Å²) in [5, 5.41) is 22.8. The van der Waals surface area contributed by atoms with Gasteiger partial charge < -0.3 is 19.7 Å². The van der Waals surface area contributed by atoms with Crippen LogP contribution in [-0.4, -0.2) is 97.4 Å². The van der Waals surface area contributed by atoms with E-state index < -0.39 is 46.0 Å². The molecule has 0 saturated carbocycles. The zero-order valence-electron chi connectivity index (χ0n) is 38.4. The smallest absolute Gasteiger partial charge is 0.435 e. The number of carboxylic acid groups (broad SMARTS) is 2. The zero-order chi connectivity index (χ0) is 52.2. The van der Waals surface area contributed by atoms with Gasteiger partial charge in [-0.3, -0.25) is 28.4 Å². The fraction of sp³-hybridized carbons (Fsp3) is 0.318. The van der Waals surface area contributed by atoms with Gasteiger partial charge >= 0.3 is 22.3 Å². The predicted octanol–water partition coefficient (Wildman–Crippen LogP) is 9.65. The second-order valence-electron chi connectivity index (χ2n) is 15.5. The number of pyridine rings is 2. The number of carbonyl (C=O) groups excluding carboxylic acids is 2. The van der Waals surface area contributed by atoms with Crippen molar-refractivity contribution in [2.24, 2.45) is 0 Å². The van der Waals surface area contributed by atoms with E-state index in [9.17, 15) is 37.8 Å². The number of carbonyl (C=O) groups is 4. The molecule has 0 saturated heterocycles. The number of hydrogen-bond donors (Lipinski definition) is 2. The van der Waals surface area contributed by atoms with Gasteiger partial charge in [0.05, 0.1) is 32.8 Å². The number of aliphatic carboxylic acids is 2. The van der Waals surface area contributed by atoms with Gasteiger partial charge in [-0.05, 0) is 107 Å². The molecular weight excluding hydrogens is 1170 g/mol.